The van der Waals surface area contributed by atoms with E-state index in [1.54, 1.807) is 0 Å². The van der Waals surface area contributed by atoms with Crippen molar-refractivity contribution in [2.45, 2.75) is 97.0 Å². The minimum atomic E-state index is -0.908. The summed E-state index contributed by atoms with van der Waals surface area (Å²) in [4.78, 5) is 10.4. The van der Waals surface area contributed by atoms with E-state index >= 15 is 0 Å². The number of aliphatic carboxylic acids is 1. The highest BCUT2D eigenvalue weighted by atomic mass is 16.4. The lowest BCUT2D eigenvalue weighted by Gasteiger charge is -2.08. The van der Waals surface area contributed by atoms with Crippen molar-refractivity contribution >= 4 is 5.97 Å². The maximum absolute atomic E-state index is 10.4. The Labute approximate surface area is 124 Å². The summed E-state index contributed by atoms with van der Waals surface area (Å²) < 4.78 is 0. The molecular formula is C17H34O3. The zero-order valence-corrected chi connectivity index (χ0v) is 13.4. The number of aliphatic hydroxyl groups is 1. The van der Waals surface area contributed by atoms with Crippen LogP contribution < -0.4 is 0 Å². The van der Waals surface area contributed by atoms with Crippen molar-refractivity contribution in [2.24, 2.45) is 5.92 Å². The van der Waals surface area contributed by atoms with Crippen molar-refractivity contribution in [1.29, 1.82) is 0 Å². The van der Waals surface area contributed by atoms with Gasteiger partial charge in [-0.05, 0) is 12.3 Å². The topological polar surface area (TPSA) is 57.5 Å². The van der Waals surface area contributed by atoms with Crippen LogP contribution in [0, 0.1) is 5.92 Å². The van der Waals surface area contributed by atoms with Crippen LogP contribution in [-0.2, 0) is 4.79 Å². The Morgan fingerprint density at radius 3 is 1.80 bits per heavy atom. The van der Waals surface area contributed by atoms with E-state index in [2.05, 4.69) is 13.8 Å². The number of aliphatic hydroxyl groups excluding tert-OH is 1. The van der Waals surface area contributed by atoms with E-state index < -0.39 is 12.1 Å². The molecule has 0 saturated carbocycles. The molecule has 0 aromatic rings. The smallest absolute Gasteiger partial charge is 0.305 e. The maximum atomic E-state index is 10.4. The highest BCUT2D eigenvalue weighted by molar-refractivity contribution is 5.67. The first kappa shape index (κ1) is 19.4. The van der Waals surface area contributed by atoms with Gasteiger partial charge in [-0.25, -0.2) is 0 Å². The highest BCUT2D eigenvalue weighted by Crippen LogP contribution is 2.15. The molecular weight excluding hydrogens is 252 g/mol. The standard InChI is InChI=1S/C17H34O3/c1-3-15(2)12-10-8-6-4-5-7-9-11-13-16(18)14-17(19)20/h15-16,18H,3-14H2,1-2H3,(H,19,20)/t15-,16+/m0/s1. The molecule has 20 heavy (non-hydrogen) atoms. The van der Waals surface area contributed by atoms with Crippen LogP contribution in [0.3, 0.4) is 0 Å². The maximum Gasteiger partial charge on any atom is 0.305 e. The van der Waals surface area contributed by atoms with E-state index in [1.165, 1.54) is 51.4 Å². The molecule has 3 nitrogen and oxygen atoms in total. The zero-order valence-electron chi connectivity index (χ0n) is 13.4. The average Bonchev–Trinajstić information content (AvgIpc) is 2.39. The van der Waals surface area contributed by atoms with Crippen molar-refractivity contribution in [3.8, 4) is 0 Å². The molecule has 0 fully saturated rings. The summed E-state index contributed by atoms with van der Waals surface area (Å²) in [5.41, 5.74) is 0. The fourth-order valence-corrected chi connectivity index (χ4v) is 2.44. The number of hydrogen-bond acceptors (Lipinski definition) is 2. The number of unbranched alkanes of at least 4 members (excludes halogenated alkanes) is 7. The molecule has 0 aliphatic rings. The Kier molecular flexibility index (Phi) is 13.0. The highest BCUT2D eigenvalue weighted by Gasteiger charge is 2.08. The second kappa shape index (κ2) is 13.4. The van der Waals surface area contributed by atoms with Gasteiger partial charge in [0.2, 0.25) is 0 Å². The van der Waals surface area contributed by atoms with Crippen LogP contribution >= 0.6 is 0 Å². The van der Waals surface area contributed by atoms with Crippen molar-refractivity contribution in [3.05, 3.63) is 0 Å². The van der Waals surface area contributed by atoms with E-state index in [9.17, 15) is 9.90 Å². The Morgan fingerprint density at radius 1 is 0.900 bits per heavy atom. The quantitative estimate of drug-likeness (QED) is 0.452. The van der Waals surface area contributed by atoms with Crippen LogP contribution in [0.4, 0.5) is 0 Å². The van der Waals surface area contributed by atoms with Crippen molar-refractivity contribution in [3.63, 3.8) is 0 Å². The first-order chi connectivity index (χ1) is 9.56. The predicted octanol–water partition coefficient (Wildman–Crippen LogP) is 4.77. The van der Waals surface area contributed by atoms with Gasteiger partial charge in [0.05, 0.1) is 12.5 Å². The van der Waals surface area contributed by atoms with Crippen LogP contribution in [-0.4, -0.2) is 22.3 Å². The molecule has 2 atom stereocenters. The Hall–Kier alpha value is -0.570. The van der Waals surface area contributed by atoms with Gasteiger partial charge in [-0.1, -0.05) is 78.1 Å². The fourth-order valence-electron chi connectivity index (χ4n) is 2.44. The fraction of sp³-hybridized carbons (Fsp3) is 0.941. The number of carboxylic acid groups (broad SMARTS) is 1. The molecule has 0 aromatic heterocycles. The lowest BCUT2D eigenvalue weighted by molar-refractivity contribution is -0.139. The van der Waals surface area contributed by atoms with E-state index in [4.69, 9.17) is 5.11 Å². The van der Waals surface area contributed by atoms with Gasteiger partial charge < -0.3 is 10.2 Å². The summed E-state index contributed by atoms with van der Waals surface area (Å²) in [5.74, 6) is -0.0258. The molecule has 0 rings (SSSR count). The molecule has 0 aliphatic heterocycles. The molecule has 3 heteroatoms. The van der Waals surface area contributed by atoms with Gasteiger partial charge in [0, 0.05) is 0 Å². The van der Waals surface area contributed by atoms with Gasteiger partial charge in [0.1, 0.15) is 0 Å². The van der Waals surface area contributed by atoms with Crippen LogP contribution in [0.5, 0.6) is 0 Å². The van der Waals surface area contributed by atoms with E-state index in [-0.39, 0.29) is 6.42 Å². The normalized spacial score (nSPS) is 14.2. The second-order valence-corrected chi connectivity index (χ2v) is 6.17. The Morgan fingerprint density at radius 2 is 1.35 bits per heavy atom. The third-order valence-corrected chi connectivity index (χ3v) is 4.09. The molecule has 0 heterocycles. The van der Waals surface area contributed by atoms with Crippen molar-refractivity contribution in [1.82, 2.24) is 0 Å². The predicted molar refractivity (Wildman–Crippen MR) is 83.9 cm³/mol. The Bertz CT molecular complexity index is 228. The second-order valence-electron chi connectivity index (χ2n) is 6.17. The van der Waals surface area contributed by atoms with Gasteiger partial charge >= 0.3 is 5.97 Å². The van der Waals surface area contributed by atoms with Gasteiger partial charge in [-0.15, -0.1) is 0 Å². The third kappa shape index (κ3) is 13.9. The lowest BCUT2D eigenvalue weighted by atomic mass is 9.99. The van der Waals surface area contributed by atoms with Gasteiger partial charge in [-0.3, -0.25) is 4.79 Å². The number of carboxylic acids is 1. The molecule has 0 saturated heterocycles. The molecule has 0 amide bonds. The van der Waals surface area contributed by atoms with Gasteiger partial charge in [0.25, 0.3) is 0 Å². The Balaban J connectivity index is 3.15. The largest absolute Gasteiger partial charge is 0.481 e. The first-order valence-corrected chi connectivity index (χ1v) is 8.46. The minimum Gasteiger partial charge on any atom is -0.481 e. The van der Waals surface area contributed by atoms with Gasteiger partial charge in [0.15, 0.2) is 0 Å². The van der Waals surface area contributed by atoms with Crippen molar-refractivity contribution < 1.29 is 15.0 Å². The first-order valence-electron chi connectivity index (χ1n) is 8.46. The molecule has 0 bridgehead atoms. The van der Waals surface area contributed by atoms with Gasteiger partial charge in [-0.2, -0.15) is 0 Å². The summed E-state index contributed by atoms with van der Waals surface area (Å²) >= 11 is 0. The lowest BCUT2D eigenvalue weighted by Crippen LogP contribution is -2.12. The summed E-state index contributed by atoms with van der Waals surface area (Å²) in [6.45, 7) is 4.59. The molecule has 0 spiro atoms. The van der Waals surface area contributed by atoms with Crippen molar-refractivity contribution in [2.75, 3.05) is 0 Å². The van der Waals surface area contributed by atoms with Crippen LogP contribution in [0.15, 0.2) is 0 Å². The van der Waals surface area contributed by atoms with Crippen LogP contribution in [0.25, 0.3) is 0 Å². The molecule has 2 N–H and O–H groups in total. The molecule has 0 aliphatic carbocycles. The minimum absolute atomic E-state index is 0.115. The summed E-state index contributed by atoms with van der Waals surface area (Å²) in [6.07, 6.45) is 12.5. The average molecular weight is 286 g/mol. The molecule has 0 unspecified atom stereocenters. The van der Waals surface area contributed by atoms with E-state index in [1.807, 2.05) is 0 Å². The summed E-state index contributed by atoms with van der Waals surface area (Å²) in [5, 5.41) is 17.9. The van der Waals surface area contributed by atoms with Crippen LogP contribution in [0.1, 0.15) is 90.9 Å². The third-order valence-electron chi connectivity index (χ3n) is 4.09. The number of carbonyl (C=O) groups is 1. The SMILES string of the molecule is CC[C@H](C)CCCCCCCCCC[C@@H](O)CC(=O)O. The molecule has 120 valence electrons. The number of rotatable bonds is 14. The number of hydrogen-bond donors (Lipinski definition) is 2. The monoisotopic (exact) mass is 286 g/mol. The zero-order chi connectivity index (χ0) is 15.2. The molecule has 0 aromatic carbocycles. The van der Waals surface area contributed by atoms with E-state index in [0.29, 0.717) is 6.42 Å². The van der Waals surface area contributed by atoms with Crippen LogP contribution in [0.2, 0.25) is 0 Å². The molecule has 0 radical (unpaired) electrons. The summed E-state index contributed by atoms with van der Waals surface area (Å²) in [6, 6.07) is 0. The van der Waals surface area contributed by atoms with E-state index in [0.717, 1.165) is 18.8 Å². The summed E-state index contributed by atoms with van der Waals surface area (Å²) in [7, 11) is 0.